The van der Waals surface area contributed by atoms with Gasteiger partial charge in [-0.05, 0) is 25.0 Å². The second-order valence-corrected chi connectivity index (χ2v) is 4.79. The van der Waals surface area contributed by atoms with Gasteiger partial charge in [0.2, 0.25) is 0 Å². The lowest BCUT2D eigenvalue weighted by Crippen LogP contribution is -2.23. The van der Waals surface area contributed by atoms with Gasteiger partial charge in [-0.2, -0.15) is 0 Å². The summed E-state index contributed by atoms with van der Waals surface area (Å²) in [5.74, 6) is 0.209. The third kappa shape index (κ3) is 1.73. The second kappa shape index (κ2) is 3.95. The molecule has 1 aromatic carbocycles. The number of phenols is 1. The number of benzene rings is 1. The van der Waals surface area contributed by atoms with E-state index in [0.717, 1.165) is 23.9 Å². The Labute approximate surface area is 98.9 Å². The largest absolute Gasteiger partial charge is 0.508 e. The number of hydrogen-bond acceptors (Lipinski definition) is 2. The molecule has 90 valence electrons. The van der Waals surface area contributed by atoms with Gasteiger partial charge in [-0.15, -0.1) is 0 Å². The zero-order chi connectivity index (χ0) is 11.8. The number of fused-ring (bicyclic) bond motifs is 1. The minimum atomic E-state index is -0.0579. The van der Waals surface area contributed by atoms with Gasteiger partial charge in [0.15, 0.2) is 0 Å². The Hall–Kier alpha value is -1.71. The molecule has 4 nitrogen and oxygen atoms in total. The predicted octanol–water partition coefficient (Wildman–Crippen LogP) is 2.54. The monoisotopic (exact) mass is 232 g/mol. The lowest BCUT2D eigenvalue weighted by molar-refractivity contribution is 0.353. The van der Waals surface area contributed by atoms with E-state index in [1.54, 1.807) is 18.2 Å². The van der Waals surface area contributed by atoms with Gasteiger partial charge in [-0.3, -0.25) is 4.57 Å². The van der Waals surface area contributed by atoms with Gasteiger partial charge in [0, 0.05) is 12.1 Å². The van der Waals surface area contributed by atoms with Crippen LogP contribution in [0.25, 0.3) is 11.0 Å². The maximum Gasteiger partial charge on any atom is 0.326 e. The first kappa shape index (κ1) is 10.4. The van der Waals surface area contributed by atoms with E-state index in [4.69, 9.17) is 0 Å². The van der Waals surface area contributed by atoms with Crippen molar-refractivity contribution in [3.8, 4) is 5.75 Å². The number of nitrogens with one attached hydrogen (secondary N) is 1. The lowest BCUT2D eigenvalue weighted by Gasteiger charge is -2.22. The second-order valence-electron chi connectivity index (χ2n) is 4.79. The number of nitrogens with zero attached hydrogens (tertiary/aromatic N) is 1. The molecular formula is C13H16N2O2. The molecule has 2 N–H and O–H groups in total. The van der Waals surface area contributed by atoms with Crippen LogP contribution in [0.4, 0.5) is 0 Å². The Morgan fingerprint density at radius 3 is 2.76 bits per heavy atom. The Kier molecular flexibility index (Phi) is 2.42. The summed E-state index contributed by atoms with van der Waals surface area (Å²) in [5, 5.41) is 9.53. The molecule has 1 aliphatic carbocycles. The molecule has 1 aliphatic rings. The maximum atomic E-state index is 12.0. The third-order valence-corrected chi connectivity index (χ3v) is 3.64. The van der Waals surface area contributed by atoms with Gasteiger partial charge < -0.3 is 10.1 Å². The van der Waals surface area contributed by atoms with Gasteiger partial charge in [0.25, 0.3) is 0 Å². The van der Waals surface area contributed by atoms with Crippen LogP contribution in [-0.4, -0.2) is 14.7 Å². The minimum Gasteiger partial charge on any atom is -0.508 e. The summed E-state index contributed by atoms with van der Waals surface area (Å²) in [5.41, 5.74) is 1.57. The number of hydrogen-bond donors (Lipinski definition) is 2. The van der Waals surface area contributed by atoms with Crippen LogP contribution in [0.15, 0.2) is 23.0 Å². The highest BCUT2D eigenvalue weighted by molar-refractivity contribution is 5.77. The molecule has 0 spiro atoms. The highest BCUT2D eigenvalue weighted by atomic mass is 16.3. The average Bonchev–Trinajstić information content (AvgIpc) is 2.65. The van der Waals surface area contributed by atoms with Crippen molar-refractivity contribution in [2.75, 3.05) is 0 Å². The molecule has 0 unspecified atom stereocenters. The molecule has 0 atom stereocenters. The van der Waals surface area contributed by atoms with Crippen molar-refractivity contribution in [3.63, 3.8) is 0 Å². The van der Waals surface area contributed by atoms with Crippen molar-refractivity contribution in [1.29, 1.82) is 0 Å². The number of phenolic OH excluding ortho intramolecular Hbond substituents is 1. The van der Waals surface area contributed by atoms with E-state index in [1.165, 1.54) is 19.3 Å². The van der Waals surface area contributed by atoms with Crippen LogP contribution in [0.5, 0.6) is 5.75 Å². The van der Waals surface area contributed by atoms with Crippen LogP contribution in [0.2, 0.25) is 0 Å². The molecular weight excluding hydrogens is 216 g/mol. The quantitative estimate of drug-likeness (QED) is 0.793. The summed E-state index contributed by atoms with van der Waals surface area (Å²) in [6.07, 6.45) is 5.75. The predicted molar refractivity (Wildman–Crippen MR) is 66.3 cm³/mol. The summed E-state index contributed by atoms with van der Waals surface area (Å²) in [6, 6.07) is 5.31. The van der Waals surface area contributed by atoms with Crippen LogP contribution in [0.1, 0.15) is 38.1 Å². The molecule has 1 saturated carbocycles. The fourth-order valence-corrected chi connectivity index (χ4v) is 2.81. The molecule has 2 aromatic rings. The Morgan fingerprint density at radius 2 is 2.00 bits per heavy atom. The topological polar surface area (TPSA) is 58.0 Å². The normalized spacial score (nSPS) is 17.6. The first-order chi connectivity index (χ1) is 8.25. The summed E-state index contributed by atoms with van der Waals surface area (Å²) < 4.78 is 1.81. The summed E-state index contributed by atoms with van der Waals surface area (Å²) in [7, 11) is 0. The van der Waals surface area contributed by atoms with Gasteiger partial charge in [-0.1, -0.05) is 19.3 Å². The van der Waals surface area contributed by atoms with Crippen LogP contribution in [-0.2, 0) is 0 Å². The molecule has 1 fully saturated rings. The van der Waals surface area contributed by atoms with Gasteiger partial charge in [-0.25, -0.2) is 4.79 Å². The molecule has 17 heavy (non-hydrogen) atoms. The number of rotatable bonds is 1. The van der Waals surface area contributed by atoms with Crippen LogP contribution < -0.4 is 5.69 Å². The Bertz CT molecular complexity index is 591. The van der Waals surface area contributed by atoms with Gasteiger partial charge >= 0.3 is 5.69 Å². The molecule has 0 bridgehead atoms. The zero-order valence-corrected chi connectivity index (χ0v) is 9.65. The van der Waals surface area contributed by atoms with Crippen molar-refractivity contribution in [2.45, 2.75) is 38.1 Å². The van der Waals surface area contributed by atoms with E-state index < -0.39 is 0 Å². The summed E-state index contributed by atoms with van der Waals surface area (Å²) >= 11 is 0. The van der Waals surface area contributed by atoms with Crippen molar-refractivity contribution < 1.29 is 5.11 Å². The number of aromatic hydroxyl groups is 1. The average molecular weight is 232 g/mol. The van der Waals surface area contributed by atoms with E-state index in [1.807, 2.05) is 4.57 Å². The standard InChI is InChI=1S/C13H16N2O2/c16-10-6-7-11-12(8-10)15(13(17)14-11)9-4-2-1-3-5-9/h6-9,16H,1-5H2,(H,14,17). The SMILES string of the molecule is O=c1[nH]c2ccc(O)cc2n1C1CCCCC1. The first-order valence-corrected chi connectivity index (χ1v) is 6.19. The zero-order valence-electron chi connectivity index (χ0n) is 9.65. The van der Waals surface area contributed by atoms with Gasteiger partial charge in [0.1, 0.15) is 5.75 Å². The molecule has 0 radical (unpaired) electrons. The fraction of sp³-hybridized carbons (Fsp3) is 0.462. The van der Waals surface area contributed by atoms with Crippen molar-refractivity contribution in [1.82, 2.24) is 9.55 Å². The van der Waals surface area contributed by atoms with Crippen LogP contribution in [0, 0.1) is 0 Å². The lowest BCUT2D eigenvalue weighted by atomic mass is 9.95. The third-order valence-electron chi connectivity index (χ3n) is 3.64. The highest BCUT2D eigenvalue weighted by Crippen LogP contribution is 2.30. The van der Waals surface area contributed by atoms with Crippen molar-refractivity contribution >= 4 is 11.0 Å². The fourth-order valence-electron chi connectivity index (χ4n) is 2.81. The maximum absolute atomic E-state index is 12.0. The van der Waals surface area contributed by atoms with E-state index in [9.17, 15) is 9.90 Å². The minimum absolute atomic E-state index is 0.0579. The number of H-pyrrole nitrogens is 1. The van der Waals surface area contributed by atoms with Crippen LogP contribution in [0.3, 0.4) is 0 Å². The molecule has 4 heteroatoms. The first-order valence-electron chi connectivity index (χ1n) is 6.19. The number of aromatic amines is 1. The van der Waals surface area contributed by atoms with Crippen LogP contribution >= 0.6 is 0 Å². The van der Waals surface area contributed by atoms with Gasteiger partial charge in [0.05, 0.1) is 11.0 Å². The molecule has 3 rings (SSSR count). The van der Waals surface area contributed by atoms with E-state index in [0.29, 0.717) is 0 Å². The Morgan fingerprint density at radius 1 is 1.24 bits per heavy atom. The summed E-state index contributed by atoms with van der Waals surface area (Å²) in [6.45, 7) is 0. The molecule has 0 saturated heterocycles. The molecule has 0 aliphatic heterocycles. The summed E-state index contributed by atoms with van der Waals surface area (Å²) in [4.78, 5) is 14.8. The van der Waals surface area contributed by atoms with Crippen molar-refractivity contribution in [2.24, 2.45) is 0 Å². The smallest absolute Gasteiger partial charge is 0.326 e. The van der Waals surface area contributed by atoms with Crippen molar-refractivity contribution in [3.05, 3.63) is 28.7 Å². The molecule has 1 aromatic heterocycles. The Balaban J connectivity index is 2.16. The van der Waals surface area contributed by atoms with E-state index in [-0.39, 0.29) is 17.5 Å². The van der Waals surface area contributed by atoms with E-state index >= 15 is 0 Å². The molecule has 0 amide bonds. The number of aromatic nitrogens is 2. The number of imidazole rings is 1. The molecule has 1 heterocycles. The highest BCUT2D eigenvalue weighted by Gasteiger charge is 2.19. The van der Waals surface area contributed by atoms with E-state index in [2.05, 4.69) is 4.98 Å².